The van der Waals surface area contributed by atoms with E-state index in [1.165, 1.54) is 5.56 Å². The number of methoxy groups -OCH3 is 1. The molecular formula is C36H43ClN2O5. The van der Waals surface area contributed by atoms with Crippen molar-refractivity contribution in [1.29, 1.82) is 0 Å². The number of rotatable bonds is 11. The Kier molecular flexibility index (Phi) is 12.6. The molecule has 8 heteroatoms. The Bertz CT molecular complexity index is 1460. The smallest absolute Gasteiger partial charge is 0.337 e. The highest BCUT2D eigenvalue weighted by molar-refractivity contribution is 6.37. The van der Waals surface area contributed by atoms with Gasteiger partial charge in [-0.2, -0.15) is 0 Å². The molecule has 7 nitrogen and oxygen atoms in total. The number of nitrogens with zero attached hydrogens (tertiary/aromatic N) is 2. The van der Waals surface area contributed by atoms with E-state index < -0.39 is 18.2 Å². The van der Waals surface area contributed by atoms with E-state index >= 15 is 0 Å². The van der Waals surface area contributed by atoms with Crippen molar-refractivity contribution in [2.45, 2.75) is 51.0 Å². The summed E-state index contributed by atoms with van der Waals surface area (Å²) in [5.41, 5.74) is 2.72. The summed E-state index contributed by atoms with van der Waals surface area (Å²) in [7, 11) is 1.63. The van der Waals surface area contributed by atoms with E-state index in [0.717, 1.165) is 68.3 Å². The van der Waals surface area contributed by atoms with Crippen LogP contribution in [0.2, 0.25) is 5.02 Å². The van der Waals surface area contributed by atoms with Gasteiger partial charge in [0, 0.05) is 44.2 Å². The molecule has 1 fully saturated rings. The SMILES string of the molecule is CCCC[C@H]([C@H](O)c1ccc2c(Cl)c(OC)ccc2c1)N1CCN(Cc2ccccc2)CC1.O=C(O)[C@@H](O)c1ccccc1. The average Bonchev–Trinajstić information content (AvgIpc) is 3.06. The molecule has 1 saturated heterocycles. The summed E-state index contributed by atoms with van der Waals surface area (Å²) in [5.74, 6) is -0.553. The van der Waals surface area contributed by atoms with Crippen LogP contribution in [0.1, 0.15) is 55.1 Å². The zero-order valence-electron chi connectivity index (χ0n) is 25.5. The Labute approximate surface area is 265 Å². The van der Waals surface area contributed by atoms with E-state index in [0.29, 0.717) is 16.3 Å². The van der Waals surface area contributed by atoms with Gasteiger partial charge in [-0.15, -0.1) is 0 Å². The van der Waals surface area contributed by atoms with E-state index in [-0.39, 0.29) is 6.04 Å². The number of benzene rings is 4. The number of fused-ring (bicyclic) bond motifs is 1. The summed E-state index contributed by atoms with van der Waals surface area (Å²) in [5, 5.41) is 31.5. The first-order chi connectivity index (χ1) is 21.3. The molecule has 5 rings (SSSR count). The molecule has 4 aromatic rings. The number of carboxylic acid groups (broad SMARTS) is 1. The zero-order valence-corrected chi connectivity index (χ0v) is 26.2. The maximum Gasteiger partial charge on any atom is 0.337 e. The molecule has 0 bridgehead atoms. The molecule has 0 unspecified atom stereocenters. The molecule has 3 atom stereocenters. The standard InChI is InChI=1S/C28H35ClN2O2.C8H8O3/c1-3-4-10-25(31-17-15-30(16-18-31)20-21-8-6-5-7-9-21)28(32)23-11-13-24-22(19-23)12-14-26(33-2)27(24)29;9-7(8(10)11)6-4-2-1-3-5-6/h5-9,11-14,19,25,28,32H,3-4,10,15-18,20H2,1-2H3;1-5,7,9H,(H,10,11)/t25-,28-;7-/m10/s1. The molecule has 3 N–H and O–H groups in total. The Morgan fingerprint density at radius 1 is 0.886 bits per heavy atom. The molecule has 0 spiro atoms. The van der Waals surface area contributed by atoms with Crippen molar-refractivity contribution in [1.82, 2.24) is 9.80 Å². The second-order valence-corrected chi connectivity index (χ2v) is 11.5. The minimum atomic E-state index is -1.41. The van der Waals surface area contributed by atoms with Crippen LogP contribution in [-0.2, 0) is 11.3 Å². The molecule has 0 aromatic heterocycles. The Morgan fingerprint density at radius 3 is 2.16 bits per heavy atom. The van der Waals surface area contributed by atoms with Crippen LogP contribution in [0.25, 0.3) is 10.8 Å². The maximum absolute atomic E-state index is 11.5. The monoisotopic (exact) mass is 618 g/mol. The summed E-state index contributed by atoms with van der Waals surface area (Å²) in [6, 6.07) is 29.1. The van der Waals surface area contributed by atoms with Crippen LogP contribution in [0.3, 0.4) is 0 Å². The van der Waals surface area contributed by atoms with Gasteiger partial charge >= 0.3 is 5.97 Å². The predicted molar refractivity (Wildman–Crippen MR) is 176 cm³/mol. The summed E-state index contributed by atoms with van der Waals surface area (Å²) >= 11 is 6.50. The first-order valence-electron chi connectivity index (χ1n) is 15.2. The fraction of sp³-hybridized carbons (Fsp3) is 0.361. The number of halogens is 1. The highest BCUT2D eigenvalue weighted by Gasteiger charge is 2.30. The van der Waals surface area contributed by atoms with Gasteiger partial charge in [-0.1, -0.05) is 110 Å². The second-order valence-electron chi connectivity index (χ2n) is 11.2. The third-order valence-electron chi connectivity index (χ3n) is 8.20. The number of aliphatic carboxylic acids is 1. The van der Waals surface area contributed by atoms with Crippen molar-refractivity contribution in [3.63, 3.8) is 0 Å². The van der Waals surface area contributed by atoms with Crippen molar-refractivity contribution >= 4 is 28.3 Å². The largest absolute Gasteiger partial charge is 0.495 e. The summed E-state index contributed by atoms with van der Waals surface area (Å²) in [4.78, 5) is 15.3. The number of carbonyl (C=O) groups is 1. The normalized spacial score (nSPS) is 16.0. The number of aliphatic hydroxyl groups is 2. The quantitative estimate of drug-likeness (QED) is 0.172. The lowest BCUT2D eigenvalue weighted by molar-refractivity contribution is -0.146. The molecule has 1 aliphatic heterocycles. The van der Waals surface area contributed by atoms with E-state index in [2.05, 4.69) is 53.1 Å². The highest BCUT2D eigenvalue weighted by Crippen LogP contribution is 2.35. The van der Waals surface area contributed by atoms with E-state index in [4.69, 9.17) is 26.6 Å². The minimum absolute atomic E-state index is 0.120. The molecule has 0 saturated carbocycles. The van der Waals surface area contributed by atoms with E-state index in [1.807, 2.05) is 24.3 Å². The molecule has 44 heavy (non-hydrogen) atoms. The molecule has 4 aromatic carbocycles. The van der Waals surface area contributed by atoms with Gasteiger partial charge in [0.05, 0.1) is 18.2 Å². The van der Waals surface area contributed by atoms with Crippen molar-refractivity contribution in [3.8, 4) is 5.75 Å². The zero-order chi connectivity index (χ0) is 31.5. The van der Waals surface area contributed by atoms with Crippen molar-refractivity contribution in [3.05, 3.63) is 113 Å². The number of hydrogen-bond acceptors (Lipinski definition) is 6. The molecule has 0 amide bonds. The van der Waals surface area contributed by atoms with Crippen molar-refractivity contribution in [2.75, 3.05) is 33.3 Å². The first-order valence-corrected chi connectivity index (χ1v) is 15.6. The van der Waals surface area contributed by atoms with Gasteiger partial charge in [0.1, 0.15) is 5.75 Å². The number of hydrogen-bond donors (Lipinski definition) is 3. The fourth-order valence-electron chi connectivity index (χ4n) is 5.68. The number of unbranched alkanes of at least 4 members (excludes halogenated alkanes) is 1. The number of carboxylic acids is 1. The van der Waals surface area contributed by atoms with Crippen molar-refractivity contribution < 1.29 is 24.9 Å². The van der Waals surface area contributed by atoms with Gasteiger partial charge in [0.15, 0.2) is 6.10 Å². The summed E-state index contributed by atoms with van der Waals surface area (Å²) in [6.07, 6.45) is 1.31. The Balaban J connectivity index is 0.000000339. The highest BCUT2D eigenvalue weighted by atomic mass is 35.5. The van der Waals surface area contributed by atoms with Gasteiger partial charge in [-0.3, -0.25) is 9.80 Å². The summed E-state index contributed by atoms with van der Waals surface area (Å²) in [6.45, 7) is 7.22. The molecule has 1 aliphatic rings. The lowest BCUT2D eigenvalue weighted by Gasteiger charge is -2.41. The Morgan fingerprint density at radius 2 is 1.55 bits per heavy atom. The van der Waals surface area contributed by atoms with Gasteiger partial charge in [0.2, 0.25) is 0 Å². The Hall–Kier alpha value is -3.46. The lowest BCUT2D eigenvalue weighted by atomic mass is 9.94. The predicted octanol–water partition coefficient (Wildman–Crippen LogP) is 6.72. The third-order valence-corrected chi connectivity index (χ3v) is 8.59. The summed E-state index contributed by atoms with van der Waals surface area (Å²) < 4.78 is 5.35. The van der Waals surface area contributed by atoms with Gasteiger partial charge < -0.3 is 20.1 Å². The molecular weight excluding hydrogens is 576 g/mol. The third kappa shape index (κ3) is 8.80. The average molecular weight is 619 g/mol. The van der Waals surface area contributed by atoms with E-state index in [9.17, 15) is 9.90 Å². The maximum atomic E-state index is 11.5. The molecule has 0 radical (unpaired) electrons. The van der Waals surface area contributed by atoms with Gasteiger partial charge in [-0.25, -0.2) is 4.79 Å². The molecule has 0 aliphatic carbocycles. The number of piperazine rings is 1. The van der Waals surface area contributed by atoms with Crippen molar-refractivity contribution in [2.24, 2.45) is 0 Å². The number of aliphatic hydroxyl groups excluding tert-OH is 2. The molecule has 1 heterocycles. The van der Waals surface area contributed by atoms with Gasteiger partial charge in [-0.05, 0) is 40.6 Å². The van der Waals surface area contributed by atoms with Crippen LogP contribution in [0.5, 0.6) is 5.75 Å². The van der Waals surface area contributed by atoms with Crippen LogP contribution in [0.15, 0.2) is 91.0 Å². The topological polar surface area (TPSA) is 93.5 Å². The number of ether oxygens (including phenoxy) is 1. The van der Waals surface area contributed by atoms with Crippen LogP contribution < -0.4 is 4.74 Å². The van der Waals surface area contributed by atoms with Crippen LogP contribution in [-0.4, -0.2) is 70.4 Å². The van der Waals surface area contributed by atoms with Crippen LogP contribution in [0, 0.1) is 0 Å². The van der Waals surface area contributed by atoms with Crippen LogP contribution in [0.4, 0.5) is 0 Å². The lowest BCUT2D eigenvalue weighted by Crippen LogP contribution is -2.51. The second kappa shape index (κ2) is 16.6. The molecule has 234 valence electrons. The first kappa shape index (κ1) is 33.4. The minimum Gasteiger partial charge on any atom is -0.495 e. The fourth-order valence-corrected chi connectivity index (χ4v) is 5.99. The van der Waals surface area contributed by atoms with E-state index in [1.54, 1.807) is 37.4 Å². The van der Waals surface area contributed by atoms with Gasteiger partial charge in [0.25, 0.3) is 0 Å². The van der Waals surface area contributed by atoms with Crippen LogP contribution >= 0.6 is 11.6 Å².